The summed E-state index contributed by atoms with van der Waals surface area (Å²) in [5.74, 6) is 0.184. The first-order valence-corrected chi connectivity index (χ1v) is 10.9. The van der Waals surface area contributed by atoms with Crippen LogP contribution in [0.2, 0.25) is 0 Å². The van der Waals surface area contributed by atoms with Gasteiger partial charge in [0.2, 0.25) is 0 Å². The number of carbonyl (C=O) groups is 2. The number of halogens is 1. The van der Waals surface area contributed by atoms with Gasteiger partial charge in [0.25, 0.3) is 0 Å². The van der Waals surface area contributed by atoms with Crippen molar-refractivity contribution in [3.8, 4) is 5.75 Å². The molecule has 0 radical (unpaired) electrons. The summed E-state index contributed by atoms with van der Waals surface area (Å²) in [7, 11) is 0. The minimum Gasteiger partial charge on any atom is -0.489 e. The molecule has 2 aromatic carbocycles. The molecule has 2 aromatic rings. The summed E-state index contributed by atoms with van der Waals surface area (Å²) in [5.41, 5.74) is 5.06. The third-order valence-electron chi connectivity index (χ3n) is 6.33. The van der Waals surface area contributed by atoms with E-state index in [-0.39, 0.29) is 24.0 Å². The van der Waals surface area contributed by atoms with Gasteiger partial charge in [0.05, 0.1) is 0 Å². The SMILES string of the molecule is O=C1CCCC2=C1C(c1ccccc1OCc1ccc(F)cc1)C1=C(CCCC1=O)N2. The number of allylic oxidation sites excluding steroid dienone is 4. The maximum absolute atomic E-state index is 13.2. The van der Waals surface area contributed by atoms with Gasteiger partial charge >= 0.3 is 0 Å². The van der Waals surface area contributed by atoms with Crippen molar-refractivity contribution >= 4 is 11.6 Å². The van der Waals surface area contributed by atoms with E-state index in [0.29, 0.717) is 18.6 Å². The van der Waals surface area contributed by atoms with E-state index < -0.39 is 5.92 Å². The molecule has 5 heteroatoms. The molecular weight excluding hydrogens is 393 g/mol. The molecule has 1 heterocycles. The minimum atomic E-state index is -0.392. The third kappa shape index (κ3) is 3.69. The number of ketones is 2. The van der Waals surface area contributed by atoms with Crippen molar-refractivity contribution in [3.63, 3.8) is 0 Å². The lowest BCUT2D eigenvalue weighted by Crippen LogP contribution is -2.36. The van der Waals surface area contributed by atoms with Crippen LogP contribution >= 0.6 is 0 Å². The summed E-state index contributed by atoms with van der Waals surface area (Å²) >= 11 is 0. The monoisotopic (exact) mass is 417 g/mol. The summed E-state index contributed by atoms with van der Waals surface area (Å²) < 4.78 is 19.4. The highest BCUT2D eigenvalue weighted by atomic mass is 19.1. The molecule has 31 heavy (non-hydrogen) atoms. The van der Waals surface area contributed by atoms with Crippen molar-refractivity contribution in [1.82, 2.24) is 5.32 Å². The highest BCUT2D eigenvalue weighted by Crippen LogP contribution is 2.47. The summed E-state index contributed by atoms with van der Waals surface area (Å²) in [5, 5.41) is 3.44. The largest absolute Gasteiger partial charge is 0.489 e. The molecule has 3 aliphatic rings. The highest BCUT2D eigenvalue weighted by molar-refractivity contribution is 6.06. The molecule has 4 nitrogen and oxygen atoms in total. The van der Waals surface area contributed by atoms with Crippen LogP contribution in [-0.4, -0.2) is 11.6 Å². The van der Waals surface area contributed by atoms with Gasteiger partial charge in [-0.15, -0.1) is 0 Å². The molecule has 2 aliphatic carbocycles. The fourth-order valence-corrected chi connectivity index (χ4v) is 4.89. The average molecular weight is 417 g/mol. The smallest absolute Gasteiger partial charge is 0.161 e. The fraction of sp³-hybridized carbons (Fsp3) is 0.308. The van der Waals surface area contributed by atoms with Gasteiger partial charge < -0.3 is 10.1 Å². The Morgan fingerprint density at radius 1 is 0.839 bits per heavy atom. The van der Waals surface area contributed by atoms with Crippen LogP contribution in [0.25, 0.3) is 0 Å². The molecule has 0 saturated heterocycles. The van der Waals surface area contributed by atoms with Crippen molar-refractivity contribution in [3.05, 3.63) is 88.0 Å². The Bertz CT molecular complexity index is 1070. The first-order chi connectivity index (χ1) is 15.1. The minimum absolute atomic E-state index is 0.108. The van der Waals surface area contributed by atoms with Gasteiger partial charge in [-0.3, -0.25) is 9.59 Å². The molecule has 0 spiro atoms. The molecule has 0 unspecified atom stereocenters. The zero-order valence-corrected chi connectivity index (χ0v) is 17.2. The molecule has 5 rings (SSSR count). The number of hydrogen-bond acceptors (Lipinski definition) is 4. The Balaban J connectivity index is 1.56. The number of Topliss-reactive ketones (excluding diaryl/α,β-unsaturated/α-hetero) is 2. The van der Waals surface area contributed by atoms with E-state index in [2.05, 4.69) is 5.32 Å². The molecule has 0 amide bonds. The molecule has 0 saturated carbocycles. The second-order valence-corrected chi connectivity index (χ2v) is 8.35. The Labute approximate surface area is 180 Å². The van der Waals surface area contributed by atoms with E-state index in [4.69, 9.17) is 4.74 Å². The van der Waals surface area contributed by atoms with E-state index in [1.165, 1.54) is 12.1 Å². The van der Waals surface area contributed by atoms with Gasteiger partial charge in [-0.05, 0) is 49.4 Å². The van der Waals surface area contributed by atoms with E-state index >= 15 is 0 Å². The third-order valence-corrected chi connectivity index (χ3v) is 6.33. The Kier molecular flexibility index (Phi) is 5.18. The number of para-hydroxylation sites is 1. The van der Waals surface area contributed by atoms with Gasteiger partial charge in [-0.1, -0.05) is 30.3 Å². The molecule has 0 atom stereocenters. The van der Waals surface area contributed by atoms with Crippen LogP contribution in [0.15, 0.2) is 71.1 Å². The zero-order valence-electron chi connectivity index (χ0n) is 17.2. The summed E-state index contributed by atoms with van der Waals surface area (Å²) in [6.45, 7) is 0.280. The summed E-state index contributed by atoms with van der Waals surface area (Å²) in [6, 6.07) is 13.8. The second-order valence-electron chi connectivity index (χ2n) is 8.35. The number of ether oxygens (including phenoxy) is 1. The van der Waals surface area contributed by atoms with Crippen molar-refractivity contribution in [2.45, 2.75) is 51.0 Å². The quantitative estimate of drug-likeness (QED) is 0.752. The predicted molar refractivity (Wildman–Crippen MR) is 115 cm³/mol. The zero-order chi connectivity index (χ0) is 21.4. The van der Waals surface area contributed by atoms with Crippen molar-refractivity contribution in [2.24, 2.45) is 0 Å². The van der Waals surface area contributed by atoms with Gasteiger partial charge in [0.1, 0.15) is 18.2 Å². The van der Waals surface area contributed by atoms with Crippen LogP contribution < -0.4 is 10.1 Å². The predicted octanol–water partition coefficient (Wildman–Crippen LogP) is 5.11. The van der Waals surface area contributed by atoms with Gasteiger partial charge in [-0.25, -0.2) is 4.39 Å². The van der Waals surface area contributed by atoms with E-state index in [0.717, 1.165) is 59.4 Å². The van der Waals surface area contributed by atoms with Crippen LogP contribution in [0.5, 0.6) is 5.75 Å². The highest BCUT2D eigenvalue weighted by Gasteiger charge is 2.41. The number of benzene rings is 2. The average Bonchev–Trinajstić information content (AvgIpc) is 2.78. The van der Waals surface area contributed by atoms with E-state index in [9.17, 15) is 14.0 Å². The first-order valence-electron chi connectivity index (χ1n) is 10.9. The van der Waals surface area contributed by atoms with Gasteiger partial charge in [0.15, 0.2) is 11.6 Å². The Morgan fingerprint density at radius 2 is 1.45 bits per heavy atom. The van der Waals surface area contributed by atoms with Crippen LogP contribution in [-0.2, 0) is 16.2 Å². The van der Waals surface area contributed by atoms with Crippen molar-refractivity contribution in [1.29, 1.82) is 0 Å². The van der Waals surface area contributed by atoms with Crippen LogP contribution in [0.1, 0.15) is 55.6 Å². The lowest BCUT2D eigenvalue weighted by molar-refractivity contribution is -0.116. The molecular formula is C26H24FNO3. The van der Waals surface area contributed by atoms with Crippen molar-refractivity contribution in [2.75, 3.05) is 0 Å². The number of carbonyl (C=O) groups excluding carboxylic acids is 2. The topological polar surface area (TPSA) is 55.4 Å². The lowest BCUT2D eigenvalue weighted by Gasteiger charge is -2.37. The standard InChI is InChI=1S/C26H24FNO3/c27-17-13-11-16(12-14-17)15-31-23-10-2-1-5-18(23)24-25-19(6-3-8-21(25)29)28-20-7-4-9-22(30)26(20)24/h1-2,5,10-14,24,28H,3-4,6-9,15H2. The van der Waals surface area contributed by atoms with Gasteiger partial charge in [0, 0.05) is 46.9 Å². The molecule has 0 aromatic heterocycles. The number of rotatable bonds is 4. The number of dihydropyridines is 1. The van der Waals surface area contributed by atoms with E-state index in [1.54, 1.807) is 12.1 Å². The summed E-state index contributed by atoms with van der Waals surface area (Å²) in [4.78, 5) is 26.0. The molecule has 1 aliphatic heterocycles. The Morgan fingerprint density at radius 3 is 2.10 bits per heavy atom. The van der Waals surface area contributed by atoms with Crippen LogP contribution in [0.4, 0.5) is 4.39 Å². The second kappa shape index (κ2) is 8.14. The van der Waals surface area contributed by atoms with E-state index in [1.807, 2.05) is 24.3 Å². The molecule has 0 bridgehead atoms. The fourth-order valence-electron chi connectivity index (χ4n) is 4.89. The normalized spacial score (nSPS) is 19.1. The maximum Gasteiger partial charge on any atom is 0.161 e. The molecule has 158 valence electrons. The van der Waals surface area contributed by atoms with Crippen LogP contribution in [0.3, 0.4) is 0 Å². The summed E-state index contributed by atoms with van der Waals surface area (Å²) in [6.07, 6.45) is 4.31. The first kappa shape index (κ1) is 19.7. The van der Waals surface area contributed by atoms with Gasteiger partial charge in [-0.2, -0.15) is 0 Å². The van der Waals surface area contributed by atoms with Crippen LogP contribution in [0, 0.1) is 5.82 Å². The molecule has 0 fully saturated rings. The maximum atomic E-state index is 13.2. The lowest BCUT2D eigenvalue weighted by atomic mass is 9.71. The molecule has 1 N–H and O–H groups in total. The number of hydrogen-bond donors (Lipinski definition) is 1. The Hall–Kier alpha value is -3.21. The number of nitrogens with one attached hydrogen (secondary N) is 1. The van der Waals surface area contributed by atoms with Crippen molar-refractivity contribution < 1.29 is 18.7 Å².